The number of rotatable bonds is 15. The molecule has 0 bridgehead atoms. The van der Waals surface area contributed by atoms with E-state index in [1.165, 1.54) is 76.3 Å². The molecule has 29 aromatic rings. The van der Waals surface area contributed by atoms with Gasteiger partial charge in [0.05, 0.1) is 44.1 Å². The van der Waals surface area contributed by atoms with Gasteiger partial charge in [0.25, 0.3) is 0 Å². The Bertz CT molecular complexity index is 10100. The Balaban J connectivity index is 0.000000141. The topological polar surface area (TPSA) is 123 Å². The third kappa shape index (κ3) is 14.4. The van der Waals surface area contributed by atoms with E-state index in [2.05, 4.69) is 394 Å². The number of furan rings is 2. The Kier molecular flexibility index (Phi) is 19.7. The minimum Gasteiger partial charge on any atom is -0.456 e. The maximum Gasteiger partial charge on any atom is 0.164 e. The lowest BCUT2D eigenvalue weighted by atomic mass is 9.98. The molecule has 672 valence electrons. The molecule has 8 heterocycles. The molecule has 0 aliphatic heterocycles. The summed E-state index contributed by atoms with van der Waals surface area (Å²) >= 11 is 0. The summed E-state index contributed by atoms with van der Waals surface area (Å²) in [5, 5.41) is 14.1. The molecule has 21 aromatic carbocycles. The van der Waals surface area contributed by atoms with Crippen LogP contribution in [0.15, 0.2) is 506 Å². The molecule has 0 saturated heterocycles. The van der Waals surface area contributed by atoms with Crippen LogP contribution in [0.1, 0.15) is 0 Å². The van der Waals surface area contributed by atoms with Crippen molar-refractivity contribution < 1.29 is 8.83 Å². The molecule has 0 atom stereocenters. The van der Waals surface area contributed by atoms with Crippen molar-refractivity contribution in [3.63, 3.8) is 0 Å². The van der Waals surface area contributed by atoms with Crippen LogP contribution < -0.4 is 0 Å². The number of para-hydroxylation sites is 6. The van der Waals surface area contributed by atoms with Crippen LogP contribution in [0.3, 0.4) is 0 Å². The molecule has 29 rings (SSSR count). The van der Waals surface area contributed by atoms with Crippen LogP contribution in [-0.2, 0) is 0 Å². The largest absolute Gasteiger partial charge is 0.456 e. The molecular weight excluding hydrogens is 1760 g/mol. The Morgan fingerprint density at radius 2 is 0.306 bits per heavy atom. The van der Waals surface area contributed by atoms with Crippen LogP contribution in [-0.4, -0.2) is 48.2 Å². The molecule has 144 heavy (non-hydrogen) atoms. The van der Waals surface area contributed by atoms with E-state index in [0.29, 0.717) is 34.9 Å². The number of hydrogen-bond donors (Lipinski definition) is 0. The fraction of sp³-hybridized carbons (Fsp3) is 0. The van der Waals surface area contributed by atoms with Gasteiger partial charge in [0, 0.05) is 121 Å². The van der Waals surface area contributed by atoms with Crippen molar-refractivity contribution in [2.45, 2.75) is 0 Å². The van der Waals surface area contributed by atoms with Crippen molar-refractivity contribution in [2.75, 3.05) is 0 Å². The highest BCUT2D eigenvalue weighted by molar-refractivity contribution is 6.17. The first-order valence-electron chi connectivity index (χ1n) is 48.6. The molecule has 0 amide bonds. The first-order chi connectivity index (χ1) is 71.3. The predicted octanol–water partition coefficient (Wildman–Crippen LogP) is 34.3. The van der Waals surface area contributed by atoms with Crippen molar-refractivity contribution in [3.05, 3.63) is 497 Å². The maximum absolute atomic E-state index is 6.49. The fourth-order valence-corrected chi connectivity index (χ4v) is 21.5. The van der Waals surface area contributed by atoms with Crippen molar-refractivity contribution >= 4 is 131 Å². The standard InChI is InChI=1S/C69H43N5O.C63H39N5O/c1-4-16-44(17-5-1)67-70-68(45-18-6-2-7-19-45)72-69(71-67)52-22-14-20-46(38-52)47-21-15-25-54(39-47)74-62-29-13-11-27-56(62)58-41-49(31-35-64(58)74)51-33-37-66-60(43-51)59-42-50(32-36-65(59)75-66)48-30-34-63-57(40-48)55-26-10-12-28-61(55)73(63)53-23-8-3-9-24-53;1-4-15-40(16-5-1)61-64-62(41-17-6-2-7-18-41)66-63(65-61)46-19-14-22-48(35-46)68-56-26-13-11-24-50(56)52-37-43(28-32-58(52)68)45-30-34-60-54(39-45)53-38-44(29-33-59(53)69-60)42-27-31-57-51(36-42)49-23-10-12-25-55(49)67(57)47-20-8-3-9-21-47/h1-43H;1-39H. The monoisotopic (exact) mass is 1840 g/mol. The van der Waals surface area contributed by atoms with E-state index >= 15 is 0 Å². The smallest absolute Gasteiger partial charge is 0.164 e. The van der Waals surface area contributed by atoms with Crippen molar-refractivity contribution in [1.29, 1.82) is 0 Å². The first kappa shape index (κ1) is 82.7. The molecule has 8 aromatic heterocycles. The molecule has 12 nitrogen and oxygen atoms in total. The van der Waals surface area contributed by atoms with Gasteiger partial charge in [-0.2, -0.15) is 0 Å². The number of fused-ring (bicyclic) bond motifs is 18. The maximum atomic E-state index is 6.49. The van der Waals surface area contributed by atoms with Gasteiger partial charge in [-0.15, -0.1) is 0 Å². The highest BCUT2D eigenvalue weighted by Crippen LogP contribution is 2.46. The highest BCUT2D eigenvalue weighted by Gasteiger charge is 2.25. The highest BCUT2D eigenvalue weighted by atomic mass is 16.3. The minimum atomic E-state index is 0.620. The van der Waals surface area contributed by atoms with E-state index < -0.39 is 0 Å². The van der Waals surface area contributed by atoms with Crippen molar-refractivity contribution in [2.24, 2.45) is 0 Å². The number of hydrogen-bond acceptors (Lipinski definition) is 8. The fourth-order valence-electron chi connectivity index (χ4n) is 21.5. The average molecular weight is 1840 g/mol. The van der Waals surface area contributed by atoms with Gasteiger partial charge in [0.1, 0.15) is 22.3 Å². The van der Waals surface area contributed by atoms with Gasteiger partial charge in [-0.05, 0) is 232 Å². The van der Waals surface area contributed by atoms with E-state index in [0.717, 1.165) is 167 Å². The Labute approximate surface area is 826 Å². The molecule has 0 N–H and O–H groups in total. The predicted molar refractivity (Wildman–Crippen MR) is 591 cm³/mol. The summed E-state index contributed by atoms with van der Waals surface area (Å²) in [4.78, 5) is 30.0. The van der Waals surface area contributed by atoms with E-state index in [1.54, 1.807) is 0 Å². The van der Waals surface area contributed by atoms with Crippen molar-refractivity contribution in [1.82, 2.24) is 48.2 Å². The zero-order chi connectivity index (χ0) is 94.8. The summed E-state index contributed by atoms with van der Waals surface area (Å²) < 4.78 is 22.4. The molecule has 0 fully saturated rings. The second-order valence-electron chi connectivity index (χ2n) is 36.8. The summed E-state index contributed by atoms with van der Waals surface area (Å²) in [6, 6.07) is 176. The molecule has 0 spiro atoms. The second-order valence-corrected chi connectivity index (χ2v) is 36.8. The molecule has 0 radical (unpaired) electrons. The summed E-state index contributed by atoms with van der Waals surface area (Å²) in [7, 11) is 0. The molecular formula is C132H82N10O2. The van der Waals surface area contributed by atoms with Crippen LogP contribution in [0.5, 0.6) is 0 Å². The Morgan fingerprint density at radius 1 is 0.118 bits per heavy atom. The number of aromatic nitrogens is 10. The van der Waals surface area contributed by atoms with E-state index in [1.807, 2.05) is 121 Å². The summed E-state index contributed by atoms with van der Waals surface area (Å²) in [5.74, 6) is 3.80. The molecule has 0 unspecified atom stereocenters. The lowest BCUT2D eigenvalue weighted by molar-refractivity contribution is 0.668. The van der Waals surface area contributed by atoms with Gasteiger partial charge >= 0.3 is 0 Å². The zero-order valence-corrected chi connectivity index (χ0v) is 77.6. The third-order valence-electron chi connectivity index (χ3n) is 28.3. The minimum absolute atomic E-state index is 0.620. The summed E-state index contributed by atoms with van der Waals surface area (Å²) in [6.45, 7) is 0. The third-order valence-corrected chi connectivity index (χ3v) is 28.3. The van der Waals surface area contributed by atoms with Crippen LogP contribution in [0.2, 0.25) is 0 Å². The van der Waals surface area contributed by atoms with Gasteiger partial charge in [-0.3, -0.25) is 0 Å². The second kappa shape index (κ2) is 34.3. The van der Waals surface area contributed by atoms with E-state index in [4.69, 9.17) is 38.7 Å². The zero-order valence-electron chi connectivity index (χ0n) is 77.6. The lowest BCUT2D eigenvalue weighted by Crippen LogP contribution is -2.01. The molecule has 12 heteroatoms. The lowest BCUT2D eigenvalue weighted by Gasteiger charge is -2.12. The van der Waals surface area contributed by atoms with Gasteiger partial charge in [0.15, 0.2) is 34.9 Å². The van der Waals surface area contributed by atoms with Gasteiger partial charge < -0.3 is 27.1 Å². The van der Waals surface area contributed by atoms with Crippen molar-refractivity contribution in [3.8, 4) is 147 Å². The molecule has 0 saturated carbocycles. The average Bonchev–Trinajstić information content (AvgIpc) is 1.59. The van der Waals surface area contributed by atoms with Crippen LogP contribution >= 0.6 is 0 Å². The van der Waals surface area contributed by atoms with E-state index in [9.17, 15) is 0 Å². The first-order valence-corrected chi connectivity index (χ1v) is 48.6. The normalized spacial score (nSPS) is 11.8. The molecule has 0 aliphatic rings. The quantitative estimate of drug-likeness (QED) is 0.0994. The Hall–Kier alpha value is -19.6. The molecule has 0 aliphatic carbocycles. The van der Waals surface area contributed by atoms with Gasteiger partial charge in [0.2, 0.25) is 0 Å². The van der Waals surface area contributed by atoms with Crippen LogP contribution in [0.25, 0.3) is 278 Å². The summed E-state index contributed by atoms with van der Waals surface area (Å²) in [6.07, 6.45) is 0. The van der Waals surface area contributed by atoms with Gasteiger partial charge in [-0.1, -0.05) is 322 Å². The Morgan fingerprint density at radius 3 is 0.604 bits per heavy atom. The number of nitrogens with zero attached hydrogens (tertiary/aromatic N) is 10. The summed E-state index contributed by atoms with van der Waals surface area (Å²) in [5.41, 5.74) is 34.2. The van der Waals surface area contributed by atoms with Crippen LogP contribution in [0.4, 0.5) is 0 Å². The van der Waals surface area contributed by atoms with Gasteiger partial charge in [-0.25, -0.2) is 29.9 Å². The van der Waals surface area contributed by atoms with E-state index in [-0.39, 0.29) is 0 Å². The SMILES string of the molecule is c1ccc(-c2nc(-c3ccccc3)nc(-c3cccc(-c4cccc(-n5c6ccccc6c6cc(-c7ccc8oc9ccc(-c%10ccc%11c(c%10)c%10ccccc%10n%11-c%10ccccc%10)cc9c8c7)ccc65)c4)c3)n2)cc1.c1ccc(-c2nc(-c3ccccc3)nc(-c3cccc(-n4c5ccccc5c5cc(-c6ccc7oc8ccc(-c9ccc%10c(c9)c9ccccc9n%10-c9ccccc9)cc8c7c6)ccc54)c3)n2)cc1. The van der Waals surface area contributed by atoms with Crippen LogP contribution in [0, 0.1) is 0 Å². The number of benzene rings is 21.